The molecule has 27 heavy (non-hydrogen) atoms. The molecule has 0 aliphatic carbocycles. The zero-order valence-electron chi connectivity index (χ0n) is 15.0. The number of halogens is 3. The van der Waals surface area contributed by atoms with E-state index >= 15 is 0 Å². The molecule has 0 saturated carbocycles. The number of para-hydroxylation sites is 2. The number of fused-ring (bicyclic) bond motifs is 1. The van der Waals surface area contributed by atoms with E-state index in [1.54, 1.807) is 29.5 Å². The molecule has 3 heterocycles. The Morgan fingerprint density at radius 1 is 1.11 bits per heavy atom. The number of nitrogens with zero attached hydrogens (tertiary/aromatic N) is 4. The standard InChI is InChI=1S/C19H21ClF2N4S/c1-13(18-23-15-4-2-3-5-16(15)26(18)19(21)22)25-10-8-24(9-11-25)12-14-6-7-17(20)27-14/h2-7,13,19H,8-12H2,1H3. The first-order valence-electron chi connectivity index (χ1n) is 8.98. The van der Waals surface area contributed by atoms with Crippen LogP contribution in [-0.2, 0) is 6.54 Å². The van der Waals surface area contributed by atoms with E-state index in [2.05, 4.69) is 20.9 Å². The normalized spacial score (nSPS) is 17.8. The third-order valence-corrected chi connectivity index (χ3v) is 6.37. The monoisotopic (exact) mass is 410 g/mol. The molecule has 1 saturated heterocycles. The van der Waals surface area contributed by atoms with Crippen molar-refractivity contribution >= 4 is 34.0 Å². The van der Waals surface area contributed by atoms with Gasteiger partial charge in [0.2, 0.25) is 0 Å². The van der Waals surface area contributed by atoms with Gasteiger partial charge in [-0.3, -0.25) is 14.4 Å². The smallest absolute Gasteiger partial charge is 0.296 e. The second-order valence-corrected chi connectivity index (χ2v) is 8.60. The summed E-state index contributed by atoms with van der Waals surface area (Å²) in [5.41, 5.74) is 1.11. The van der Waals surface area contributed by atoms with Crippen molar-refractivity contribution in [2.45, 2.75) is 26.1 Å². The average molecular weight is 411 g/mol. The number of benzene rings is 1. The van der Waals surface area contributed by atoms with Crippen LogP contribution in [0.5, 0.6) is 0 Å². The van der Waals surface area contributed by atoms with E-state index in [0.717, 1.165) is 41.6 Å². The van der Waals surface area contributed by atoms with Gasteiger partial charge in [0.25, 0.3) is 0 Å². The van der Waals surface area contributed by atoms with Gasteiger partial charge in [0, 0.05) is 37.6 Å². The van der Waals surface area contributed by atoms with Crippen LogP contribution in [0.1, 0.15) is 30.2 Å². The highest BCUT2D eigenvalue weighted by Gasteiger charge is 2.28. The second kappa shape index (κ2) is 7.83. The summed E-state index contributed by atoms with van der Waals surface area (Å²) in [4.78, 5) is 10.4. The number of rotatable bonds is 5. The van der Waals surface area contributed by atoms with Crippen LogP contribution in [0.2, 0.25) is 4.34 Å². The van der Waals surface area contributed by atoms with Gasteiger partial charge in [0.15, 0.2) is 0 Å². The van der Waals surface area contributed by atoms with E-state index in [1.165, 1.54) is 4.88 Å². The predicted octanol–water partition coefficient (Wildman–Crippen LogP) is 5.03. The maximum Gasteiger partial charge on any atom is 0.320 e. The quantitative estimate of drug-likeness (QED) is 0.590. The van der Waals surface area contributed by atoms with Crippen molar-refractivity contribution < 1.29 is 8.78 Å². The molecule has 4 rings (SSSR count). The molecule has 8 heteroatoms. The van der Waals surface area contributed by atoms with Gasteiger partial charge in [-0.2, -0.15) is 8.78 Å². The summed E-state index contributed by atoms with van der Waals surface area (Å²) in [5.74, 6) is 0.435. The Morgan fingerprint density at radius 2 is 1.85 bits per heavy atom. The van der Waals surface area contributed by atoms with Gasteiger partial charge in [-0.25, -0.2) is 4.98 Å². The topological polar surface area (TPSA) is 24.3 Å². The third kappa shape index (κ3) is 3.87. The van der Waals surface area contributed by atoms with E-state index in [9.17, 15) is 8.78 Å². The lowest BCUT2D eigenvalue weighted by Gasteiger charge is -2.37. The van der Waals surface area contributed by atoms with Crippen LogP contribution in [-0.4, -0.2) is 45.5 Å². The lowest BCUT2D eigenvalue weighted by Crippen LogP contribution is -2.47. The lowest BCUT2D eigenvalue weighted by atomic mass is 10.2. The third-order valence-electron chi connectivity index (χ3n) is 5.15. The molecule has 144 valence electrons. The van der Waals surface area contributed by atoms with E-state index in [0.29, 0.717) is 16.9 Å². The van der Waals surface area contributed by atoms with Crippen LogP contribution in [0.4, 0.5) is 8.78 Å². The van der Waals surface area contributed by atoms with Gasteiger partial charge in [0.05, 0.1) is 21.4 Å². The van der Waals surface area contributed by atoms with Crippen LogP contribution in [0.3, 0.4) is 0 Å². The summed E-state index contributed by atoms with van der Waals surface area (Å²) in [6.45, 7) is 3.70. The van der Waals surface area contributed by atoms with Crippen molar-refractivity contribution in [3.05, 3.63) is 51.4 Å². The van der Waals surface area contributed by atoms with Gasteiger partial charge < -0.3 is 0 Å². The number of thiophene rings is 1. The van der Waals surface area contributed by atoms with E-state index in [4.69, 9.17) is 11.6 Å². The van der Waals surface area contributed by atoms with Gasteiger partial charge >= 0.3 is 6.55 Å². The Morgan fingerprint density at radius 3 is 2.52 bits per heavy atom. The fourth-order valence-corrected chi connectivity index (χ4v) is 4.82. The first-order chi connectivity index (χ1) is 13.0. The minimum atomic E-state index is -2.60. The summed E-state index contributed by atoms with van der Waals surface area (Å²) in [5, 5.41) is 0. The van der Waals surface area contributed by atoms with Gasteiger partial charge in [0.1, 0.15) is 5.82 Å². The number of imidazole rings is 1. The molecule has 3 aromatic rings. The van der Waals surface area contributed by atoms with E-state index in [-0.39, 0.29) is 6.04 Å². The SMILES string of the molecule is CC(c1nc2ccccc2n1C(F)F)N1CCN(Cc2ccc(Cl)s2)CC1. The van der Waals surface area contributed by atoms with Crippen molar-refractivity contribution in [3.8, 4) is 0 Å². The molecule has 1 aliphatic rings. The molecule has 2 aromatic heterocycles. The van der Waals surface area contributed by atoms with Crippen molar-refractivity contribution in [1.82, 2.24) is 19.4 Å². The molecule has 4 nitrogen and oxygen atoms in total. The fraction of sp³-hybridized carbons (Fsp3) is 0.421. The number of hydrogen-bond acceptors (Lipinski definition) is 4. The van der Waals surface area contributed by atoms with E-state index < -0.39 is 6.55 Å². The zero-order valence-corrected chi connectivity index (χ0v) is 16.6. The van der Waals surface area contributed by atoms with Crippen LogP contribution < -0.4 is 0 Å². The molecule has 1 aromatic carbocycles. The molecule has 1 atom stereocenters. The maximum atomic E-state index is 13.7. The van der Waals surface area contributed by atoms with Gasteiger partial charge in [-0.1, -0.05) is 23.7 Å². The van der Waals surface area contributed by atoms with Crippen LogP contribution >= 0.6 is 22.9 Å². The summed E-state index contributed by atoms with van der Waals surface area (Å²) in [6, 6.07) is 10.9. The van der Waals surface area contributed by atoms with Crippen LogP contribution in [0.25, 0.3) is 11.0 Å². The first-order valence-corrected chi connectivity index (χ1v) is 10.2. The Labute approximate surface area is 166 Å². The summed E-state index contributed by atoms with van der Waals surface area (Å²) in [7, 11) is 0. The largest absolute Gasteiger partial charge is 0.320 e. The van der Waals surface area contributed by atoms with Crippen molar-refractivity contribution in [1.29, 1.82) is 0 Å². The number of aromatic nitrogens is 2. The molecule has 0 radical (unpaired) electrons. The summed E-state index contributed by atoms with van der Waals surface area (Å²) < 4.78 is 29.3. The van der Waals surface area contributed by atoms with Crippen LogP contribution in [0, 0.1) is 0 Å². The second-order valence-electron chi connectivity index (χ2n) is 6.80. The molecule has 1 aliphatic heterocycles. The van der Waals surface area contributed by atoms with Gasteiger partial charge in [-0.15, -0.1) is 11.3 Å². The maximum absolute atomic E-state index is 13.7. The predicted molar refractivity (Wildman–Crippen MR) is 106 cm³/mol. The number of piperazine rings is 1. The molecule has 0 spiro atoms. The highest BCUT2D eigenvalue weighted by Crippen LogP contribution is 2.30. The summed E-state index contributed by atoms with van der Waals surface area (Å²) >= 11 is 7.61. The van der Waals surface area contributed by atoms with E-state index in [1.807, 2.05) is 19.1 Å². The molecule has 1 fully saturated rings. The highest BCUT2D eigenvalue weighted by molar-refractivity contribution is 7.16. The fourth-order valence-electron chi connectivity index (χ4n) is 3.69. The molecular weight excluding hydrogens is 390 g/mol. The molecule has 0 amide bonds. The minimum absolute atomic E-state index is 0.162. The van der Waals surface area contributed by atoms with Crippen molar-refractivity contribution in [2.75, 3.05) is 26.2 Å². The zero-order chi connectivity index (χ0) is 19.0. The van der Waals surface area contributed by atoms with Gasteiger partial charge in [-0.05, 0) is 31.2 Å². The molecule has 0 bridgehead atoms. The lowest BCUT2D eigenvalue weighted by molar-refractivity contribution is 0.0559. The first kappa shape index (κ1) is 18.8. The highest BCUT2D eigenvalue weighted by atomic mass is 35.5. The van der Waals surface area contributed by atoms with Crippen LogP contribution in [0.15, 0.2) is 36.4 Å². The number of alkyl halides is 2. The Balaban J connectivity index is 1.47. The molecule has 1 unspecified atom stereocenters. The average Bonchev–Trinajstić information content (AvgIpc) is 3.25. The summed E-state index contributed by atoms with van der Waals surface area (Å²) in [6.07, 6.45) is 0. The Kier molecular flexibility index (Phi) is 5.45. The molecule has 0 N–H and O–H groups in total. The van der Waals surface area contributed by atoms with Crippen molar-refractivity contribution in [3.63, 3.8) is 0 Å². The Hall–Kier alpha value is -1.54. The minimum Gasteiger partial charge on any atom is -0.296 e. The Bertz CT molecular complexity index is 917. The number of hydrogen-bond donors (Lipinski definition) is 0. The molecular formula is C19H21ClF2N4S. The van der Waals surface area contributed by atoms with Crippen molar-refractivity contribution in [2.24, 2.45) is 0 Å².